The zero-order valence-electron chi connectivity index (χ0n) is 16.8. The number of aliphatic carboxylic acids is 1. The molecule has 6 atom stereocenters. The van der Waals surface area contributed by atoms with Crippen LogP contribution in [0.4, 0.5) is 5.82 Å². The van der Waals surface area contributed by atoms with E-state index < -0.39 is 56.6 Å². The summed E-state index contributed by atoms with van der Waals surface area (Å²) >= 11 is 0. The van der Waals surface area contributed by atoms with Crippen LogP contribution in [0.25, 0.3) is 0 Å². The molecule has 14 heteroatoms. The molecule has 1 saturated heterocycles. The van der Waals surface area contributed by atoms with Gasteiger partial charge in [-0.05, 0) is 25.1 Å². The molecule has 1 aliphatic rings. The minimum atomic E-state index is -4.26. The number of rotatable bonds is 9. The molecule has 0 spiro atoms. The van der Waals surface area contributed by atoms with Crippen LogP contribution in [0.1, 0.15) is 13.2 Å². The van der Waals surface area contributed by atoms with Crippen molar-refractivity contribution in [3.8, 4) is 5.75 Å². The molecule has 2 aromatic rings. The van der Waals surface area contributed by atoms with Gasteiger partial charge in [-0.1, -0.05) is 18.2 Å². The van der Waals surface area contributed by atoms with Crippen LogP contribution >= 0.6 is 7.75 Å². The predicted molar refractivity (Wildman–Crippen MR) is 110 cm³/mol. The Morgan fingerprint density at radius 2 is 2.00 bits per heavy atom. The van der Waals surface area contributed by atoms with E-state index in [-0.39, 0.29) is 11.6 Å². The van der Waals surface area contributed by atoms with Gasteiger partial charge in [-0.25, -0.2) is 9.36 Å². The van der Waals surface area contributed by atoms with Crippen LogP contribution in [0.15, 0.2) is 47.4 Å². The second-order valence-electron chi connectivity index (χ2n) is 6.98. The van der Waals surface area contributed by atoms with Crippen LogP contribution in [0.2, 0.25) is 0 Å². The Labute approximate surface area is 182 Å². The maximum absolute atomic E-state index is 13.2. The van der Waals surface area contributed by atoms with Gasteiger partial charge < -0.3 is 30.3 Å². The van der Waals surface area contributed by atoms with Crippen molar-refractivity contribution in [3.63, 3.8) is 0 Å². The molecular formula is C18H23N4O9P. The molecule has 6 N–H and O–H groups in total. The van der Waals surface area contributed by atoms with Gasteiger partial charge in [-0.3, -0.25) is 13.9 Å². The molecule has 5 unspecified atom stereocenters. The number of carbonyl (C=O) groups is 1. The second kappa shape index (κ2) is 9.77. The smallest absolute Gasteiger partial charge is 0.459 e. The minimum Gasteiger partial charge on any atom is -0.480 e. The molecule has 1 aliphatic heterocycles. The Hall–Kier alpha value is -2.80. The predicted octanol–water partition coefficient (Wildman–Crippen LogP) is -0.289. The molecule has 0 bridgehead atoms. The number of ether oxygens (including phenoxy) is 1. The Morgan fingerprint density at radius 3 is 2.62 bits per heavy atom. The van der Waals surface area contributed by atoms with E-state index >= 15 is 0 Å². The van der Waals surface area contributed by atoms with E-state index in [0.29, 0.717) is 0 Å². The van der Waals surface area contributed by atoms with Crippen LogP contribution in [0, 0.1) is 0 Å². The molecule has 1 aromatic carbocycles. The summed E-state index contributed by atoms with van der Waals surface area (Å²) in [4.78, 5) is 26.8. The quantitative estimate of drug-likeness (QED) is 0.301. The number of carboxylic acid groups (broad SMARTS) is 1. The normalized spacial score (nSPS) is 25.7. The van der Waals surface area contributed by atoms with Gasteiger partial charge in [0.25, 0.3) is 0 Å². The summed E-state index contributed by atoms with van der Waals surface area (Å²) in [6.45, 7) is 0.684. The summed E-state index contributed by atoms with van der Waals surface area (Å²) in [5, 5.41) is 32.1. The highest BCUT2D eigenvalue weighted by Gasteiger charge is 2.45. The lowest BCUT2D eigenvalue weighted by molar-refractivity contribution is -0.138. The van der Waals surface area contributed by atoms with Gasteiger partial charge in [0, 0.05) is 6.20 Å². The number of benzene rings is 1. The highest BCUT2D eigenvalue weighted by Crippen LogP contribution is 2.45. The fraction of sp³-hybridized carbons (Fsp3) is 0.389. The lowest BCUT2D eigenvalue weighted by atomic mass is 10.1. The van der Waals surface area contributed by atoms with Crippen LogP contribution < -0.4 is 21.0 Å². The van der Waals surface area contributed by atoms with E-state index in [1.165, 1.54) is 31.3 Å². The van der Waals surface area contributed by atoms with Crippen molar-refractivity contribution in [2.45, 2.75) is 37.5 Å². The molecular weight excluding hydrogens is 447 g/mol. The van der Waals surface area contributed by atoms with Crippen LogP contribution in [0.5, 0.6) is 5.75 Å². The zero-order valence-corrected chi connectivity index (χ0v) is 17.7. The van der Waals surface area contributed by atoms with Crippen molar-refractivity contribution in [1.29, 1.82) is 0 Å². The lowest BCUT2D eigenvalue weighted by Gasteiger charge is -2.24. The third kappa shape index (κ3) is 5.51. The maximum atomic E-state index is 13.2. The van der Waals surface area contributed by atoms with Crippen molar-refractivity contribution in [2.24, 2.45) is 0 Å². The number of aliphatic hydroxyl groups is 2. The van der Waals surface area contributed by atoms with E-state index in [4.69, 9.17) is 24.6 Å². The average Bonchev–Trinajstić information content (AvgIpc) is 3.01. The van der Waals surface area contributed by atoms with Gasteiger partial charge in [0.1, 0.15) is 35.9 Å². The molecule has 0 radical (unpaired) electrons. The summed E-state index contributed by atoms with van der Waals surface area (Å²) in [7, 11) is -4.26. The monoisotopic (exact) mass is 470 g/mol. The standard InChI is InChI=1S/C18H23N4O9P/c1-10(17(25)26)21-32(28,31-11-5-3-2-4-6-11)29-9-12-14(23)15(24)16(30-12)22-8-7-13(19)20-18(22)27/h2-8,10,12,14-16,23-24H,9H2,1H3,(H,21,28)(H,25,26)(H2,19,20,27)/t10-,12?,14?,15?,16?,32?/m0/s1. The zero-order chi connectivity index (χ0) is 23.5. The van der Waals surface area contributed by atoms with Crippen molar-refractivity contribution < 1.29 is 38.5 Å². The number of aromatic nitrogens is 2. The first kappa shape index (κ1) is 23.9. The Balaban J connectivity index is 1.75. The molecule has 1 fully saturated rings. The first-order valence-electron chi connectivity index (χ1n) is 9.46. The summed E-state index contributed by atoms with van der Waals surface area (Å²) in [5.41, 5.74) is 4.64. The van der Waals surface area contributed by atoms with E-state index in [1.807, 2.05) is 0 Å². The second-order valence-corrected chi connectivity index (χ2v) is 8.67. The molecule has 0 amide bonds. The highest BCUT2D eigenvalue weighted by molar-refractivity contribution is 7.52. The number of anilines is 1. The van der Waals surface area contributed by atoms with Crippen LogP contribution in [0.3, 0.4) is 0 Å². The fourth-order valence-corrected chi connectivity index (χ4v) is 4.40. The molecule has 32 heavy (non-hydrogen) atoms. The first-order valence-corrected chi connectivity index (χ1v) is 11.0. The van der Waals surface area contributed by atoms with Crippen molar-refractivity contribution >= 4 is 19.5 Å². The average molecular weight is 470 g/mol. The SMILES string of the molecule is C[C@H](NP(=O)(OCC1OC(n2ccc(N)nc2=O)C(O)C1O)Oc1ccccc1)C(=O)O. The number of nitrogen functional groups attached to an aromatic ring is 1. The van der Waals surface area contributed by atoms with Gasteiger partial charge in [-0.15, -0.1) is 0 Å². The number of nitrogens with one attached hydrogen (secondary N) is 1. The summed E-state index contributed by atoms with van der Waals surface area (Å²) in [5.74, 6) is -1.18. The Bertz CT molecular complexity index is 1050. The van der Waals surface area contributed by atoms with Crippen LogP contribution in [-0.4, -0.2) is 61.8 Å². The largest absolute Gasteiger partial charge is 0.480 e. The van der Waals surface area contributed by atoms with Gasteiger partial charge in [-0.2, -0.15) is 10.1 Å². The number of para-hydroxylation sites is 1. The van der Waals surface area contributed by atoms with Gasteiger partial charge in [0.2, 0.25) is 0 Å². The fourth-order valence-electron chi connectivity index (χ4n) is 2.89. The third-order valence-corrected chi connectivity index (χ3v) is 6.21. The molecule has 174 valence electrons. The van der Waals surface area contributed by atoms with E-state index in [2.05, 4.69) is 10.1 Å². The number of hydrogen-bond acceptors (Lipinski definition) is 10. The number of hydrogen-bond donors (Lipinski definition) is 5. The number of aliphatic hydroxyl groups excluding tert-OH is 2. The van der Waals surface area contributed by atoms with Crippen molar-refractivity contribution in [2.75, 3.05) is 12.3 Å². The molecule has 0 aliphatic carbocycles. The highest BCUT2D eigenvalue weighted by atomic mass is 31.2. The van der Waals surface area contributed by atoms with Crippen molar-refractivity contribution in [1.82, 2.24) is 14.6 Å². The van der Waals surface area contributed by atoms with Crippen LogP contribution in [-0.2, 0) is 18.6 Å². The third-order valence-electron chi connectivity index (χ3n) is 4.56. The summed E-state index contributed by atoms with van der Waals surface area (Å²) in [6.07, 6.45) is -4.35. The summed E-state index contributed by atoms with van der Waals surface area (Å²) < 4.78 is 30.4. The van der Waals surface area contributed by atoms with Crippen molar-refractivity contribution in [3.05, 3.63) is 53.1 Å². The number of nitrogens with two attached hydrogens (primary N) is 1. The summed E-state index contributed by atoms with van der Waals surface area (Å²) in [6, 6.07) is 7.93. The number of nitrogens with zero attached hydrogens (tertiary/aromatic N) is 2. The van der Waals surface area contributed by atoms with E-state index in [1.54, 1.807) is 18.2 Å². The van der Waals surface area contributed by atoms with Gasteiger partial charge >= 0.3 is 19.4 Å². The van der Waals surface area contributed by atoms with E-state index in [0.717, 1.165) is 4.57 Å². The first-order chi connectivity index (χ1) is 15.1. The Morgan fingerprint density at radius 1 is 1.31 bits per heavy atom. The number of carboxylic acids is 1. The van der Waals surface area contributed by atoms with Gasteiger partial charge in [0.05, 0.1) is 6.61 Å². The molecule has 13 nitrogen and oxygen atoms in total. The molecule has 0 saturated carbocycles. The lowest BCUT2D eigenvalue weighted by Crippen LogP contribution is -2.37. The molecule has 2 heterocycles. The molecule has 1 aromatic heterocycles. The van der Waals surface area contributed by atoms with Gasteiger partial charge in [0.15, 0.2) is 6.23 Å². The minimum absolute atomic E-state index is 0.0307. The topological polar surface area (TPSA) is 195 Å². The maximum Gasteiger partial charge on any atom is 0.459 e. The Kier molecular flexibility index (Phi) is 7.29. The van der Waals surface area contributed by atoms with E-state index in [9.17, 15) is 24.4 Å². The molecule has 3 rings (SSSR count).